The van der Waals surface area contributed by atoms with E-state index in [1.807, 2.05) is 0 Å². The van der Waals surface area contributed by atoms with Gasteiger partial charge in [0.1, 0.15) is 23.5 Å². The normalized spacial score (nSPS) is 17.1. The highest BCUT2D eigenvalue weighted by atomic mass is 35.5. The van der Waals surface area contributed by atoms with Crippen molar-refractivity contribution in [2.24, 2.45) is 0 Å². The van der Waals surface area contributed by atoms with Crippen LogP contribution < -0.4 is 10.1 Å². The number of nitrogens with one attached hydrogen (secondary N) is 1. The molecule has 0 aromatic heterocycles. The van der Waals surface area contributed by atoms with Crippen LogP contribution in [-0.4, -0.2) is 6.54 Å². The number of hydrogen-bond acceptors (Lipinski definition) is 2. The Labute approximate surface area is 124 Å². The number of hydrogen-bond donors (Lipinski definition) is 1. The van der Waals surface area contributed by atoms with Crippen molar-refractivity contribution in [3.63, 3.8) is 0 Å². The molecule has 1 N–H and O–H groups in total. The van der Waals surface area contributed by atoms with Crippen LogP contribution in [0.2, 0.25) is 10.0 Å². The molecule has 1 unspecified atom stereocenters. The molecule has 0 amide bonds. The summed E-state index contributed by atoms with van der Waals surface area (Å²) in [5.74, 6) is -0.623. The second kappa shape index (κ2) is 5.11. The van der Waals surface area contributed by atoms with Gasteiger partial charge < -0.3 is 10.1 Å². The van der Waals surface area contributed by atoms with Gasteiger partial charge in [0.15, 0.2) is 0 Å². The van der Waals surface area contributed by atoms with Crippen LogP contribution in [0.25, 0.3) is 0 Å². The van der Waals surface area contributed by atoms with E-state index in [-0.39, 0.29) is 10.0 Å². The molecule has 0 bridgehead atoms. The number of anilines is 1. The Morgan fingerprint density at radius 2 is 1.90 bits per heavy atom. The zero-order valence-corrected chi connectivity index (χ0v) is 11.6. The lowest BCUT2D eigenvalue weighted by Gasteiger charge is -2.28. The number of halogens is 4. The lowest BCUT2D eigenvalue weighted by molar-refractivity contribution is 0.209. The van der Waals surface area contributed by atoms with Crippen LogP contribution >= 0.6 is 23.2 Å². The van der Waals surface area contributed by atoms with Gasteiger partial charge in [-0.25, -0.2) is 8.78 Å². The van der Waals surface area contributed by atoms with E-state index in [9.17, 15) is 8.78 Å². The highest BCUT2D eigenvalue weighted by molar-refractivity contribution is 6.31. The first kappa shape index (κ1) is 13.5. The molecule has 1 heterocycles. The Hall–Kier alpha value is -1.52. The molecule has 1 aliphatic heterocycles. The molecule has 0 spiro atoms. The minimum atomic E-state index is -0.557. The molecule has 1 aliphatic rings. The number of fused-ring (bicyclic) bond motifs is 1. The van der Waals surface area contributed by atoms with Crippen molar-refractivity contribution in [2.45, 2.75) is 6.10 Å². The van der Waals surface area contributed by atoms with Crippen molar-refractivity contribution in [1.82, 2.24) is 0 Å². The fourth-order valence-corrected chi connectivity index (χ4v) is 2.55. The smallest absolute Gasteiger partial charge is 0.146 e. The van der Waals surface area contributed by atoms with E-state index in [4.69, 9.17) is 27.9 Å². The van der Waals surface area contributed by atoms with Crippen molar-refractivity contribution in [1.29, 1.82) is 0 Å². The van der Waals surface area contributed by atoms with E-state index < -0.39 is 17.7 Å². The standard InChI is InChI=1S/C14H9Cl2F2NO/c15-9-3-7(17)1-2-8(9)14-6-19-12-4-10(16)11(18)5-13(12)20-14/h1-5,14,19H,6H2. The SMILES string of the molecule is Fc1ccc(C2CNc3cc(Cl)c(F)cc3O2)c(Cl)c1. The van der Waals surface area contributed by atoms with Gasteiger partial charge in [-0.05, 0) is 18.2 Å². The van der Waals surface area contributed by atoms with Gasteiger partial charge in [0.25, 0.3) is 0 Å². The minimum Gasteiger partial charge on any atom is -0.482 e. The van der Waals surface area contributed by atoms with Crippen molar-refractivity contribution in [3.8, 4) is 5.75 Å². The molecule has 0 aliphatic carbocycles. The second-order valence-electron chi connectivity index (χ2n) is 4.42. The molecule has 20 heavy (non-hydrogen) atoms. The van der Waals surface area contributed by atoms with E-state index in [1.54, 1.807) is 6.07 Å². The summed E-state index contributed by atoms with van der Waals surface area (Å²) in [5, 5.41) is 3.39. The molecule has 6 heteroatoms. The zero-order valence-electron chi connectivity index (χ0n) is 10.1. The van der Waals surface area contributed by atoms with Crippen LogP contribution in [0.1, 0.15) is 11.7 Å². The molecule has 104 valence electrons. The van der Waals surface area contributed by atoms with Gasteiger partial charge in [-0.3, -0.25) is 0 Å². The Balaban J connectivity index is 1.93. The fraction of sp³-hybridized carbons (Fsp3) is 0.143. The van der Waals surface area contributed by atoms with Crippen LogP contribution in [-0.2, 0) is 0 Å². The largest absolute Gasteiger partial charge is 0.482 e. The average Bonchev–Trinajstić information content (AvgIpc) is 2.40. The topological polar surface area (TPSA) is 21.3 Å². The van der Waals surface area contributed by atoms with Crippen molar-refractivity contribution in [2.75, 3.05) is 11.9 Å². The van der Waals surface area contributed by atoms with Gasteiger partial charge in [-0.15, -0.1) is 0 Å². The van der Waals surface area contributed by atoms with Crippen molar-refractivity contribution >= 4 is 28.9 Å². The van der Waals surface area contributed by atoms with Crippen LogP contribution in [0, 0.1) is 11.6 Å². The summed E-state index contributed by atoms with van der Waals surface area (Å²) < 4.78 is 32.2. The summed E-state index contributed by atoms with van der Waals surface area (Å²) in [7, 11) is 0. The molecule has 0 radical (unpaired) electrons. The summed E-state index contributed by atoms with van der Waals surface area (Å²) in [4.78, 5) is 0. The monoisotopic (exact) mass is 315 g/mol. The average molecular weight is 316 g/mol. The molecule has 2 aromatic carbocycles. The van der Waals surface area contributed by atoms with Crippen LogP contribution in [0.4, 0.5) is 14.5 Å². The zero-order chi connectivity index (χ0) is 14.3. The predicted molar refractivity (Wildman–Crippen MR) is 74.7 cm³/mol. The Bertz CT molecular complexity index is 678. The molecule has 2 nitrogen and oxygen atoms in total. The molecular formula is C14H9Cl2F2NO. The van der Waals surface area contributed by atoms with Crippen molar-refractivity contribution in [3.05, 3.63) is 57.6 Å². The summed E-state index contributed by atoms with van der Waals surface area (Å²) in [6, 6.07) is 6.77. The second-order valence-corrected chi connectivity index (χ2v) is 5.23. The van der Waals surface area contributed by atoms with E-state index >= 15 is 0 Å². The third-order valence-electron chi connectivity index (χ3n) is 3.08. The third-order valence-corrected chi connectivity index (χ3v) is 3.70. The maximum atomic E-state index is 13.5. The summed E-state index contributed by atoms with van der Waals surface area (Å²) in [5.41, 5.74) is 1.26. The van der Waals surface area contributed by atoms with Crippen molar-refractivity contribution < 1.29 is 13.5 Å². The predicted octanol–water partition coefficient (Wildman–Crippen LogP) is 4.82. The van der Waals surface area contributed by atoms with Crippen LogP contribution in [0.3, 0.4) is 0 Å². The van der Waals surface area contributed by atoms with Gasteiger partial charge in [0.2, 0.25) is 0 Å². The van der Waals surface area contributed by atoms with Gasteiger partial charge in [-0.1, -0.05) is 29.3 Å². The quantitative estimate of drug-likeness (QED) is 0.814. The van der Waals surface area contributed by atoms with E-state index in [0.29, 0.717) is 23.5 Å². The molecule has 2 aromatic rings. The Morgan fingerprint density at radius 1 is 1.10 bits per heavy atom. The van der Waals surface area contributed by atoms with Gasteiger partial charge in [0.05, 0.1) is 22.3 Å². The number of benzene rings is 2. The highest BCUT2D eigenvalue weighted by Crippen LogP contribution is 2.38. The first-order chi connectivity index (χ1) is 9.54. The molecular weight excluding hydrogens is 307 g/mol. The molecule has 1 atom stereocenters. The summed E-state index contributed by atoms with van der Waals surface area (Å²) >= 11 is 11.7. The van der Waals surface area contributed by atoms with Gasteiger partial charge in [-0.2, -0.15) is 0 Å². The Morgan fingerprint density at radius 3 is 2.65 bits per heavy atom. The number of rotatable bonds is 1. The fourth-order valence-electron chi connectivity index (χ4n) is 2.10. The minimum absolute atomic E-state index is 0.0260. The lowest BCUT2D eigenvalue weighted by atomic mass is 10.1. The third kappa shape index (κ3) is 2.41. The summed E-state index contributed by atoms with van der Waals surface area (Å²) in [6.07, 6.45) is -0.420. The molecule has 3 rings (SSSR count). The van der Waals surface area contributed by atoms with E-state index in [2.05, 4.69) is 5.32 Å². The van der Waals surface area contributed by atoms with Crippen LogP contribution in [0.5, 0.6) is 5.75 Å². The molecule has 0 fully saturated rings. The van der Waals surface area contributed by atoms with Crippen LogP contribution in [0.15, 0.2) is 30.3 Å². The highest BCUT2D eigenvalue weighted by Gasteiger charge is 2.24. The Kier molecular flexibility index (Phi) is 3.44. The summed E-state index contributed by atoms with van der Waals surface area (Å²) in [6.45, 7) is 0.431. The van der Waals surface area contributed by atoms with E-state index in [0.717, 1.165) is 0 Å². The first-order valence-electron chi connectivity index (χ1n) is 5.89. The maximum Gasteiger partial charge on any atom is 0.146 e. The van der Waals surface area contributed by atoms with Gasteiger partial charge in [0, 0.05) is 11.6 Å². The molecule has 0 saturated carbocycles. The van der Waals surface area contributed by atoms with E-state index in [1.165, 1.54) is 24.3 Å². The molecule has 0 saturated heterocycles. The lowest BCUT2D eigenvalue weighted by Crippen LogP contribution is -2.24. The number of ether oxygens (including phenoxy) is 1. The first-order valence-corrected chi connectivity index (χ1v) is 6.64. The maximum absolute atomic E-state index is 13.5. The van der Waals surface area contributed by atoms with Gasteiger partial charge >= 0.3 is 0 Å².